The topological polar surface area (TPSA) is 80.4 Å². The maximum absolute atomic E-state index is 10.7. The van der Waals surface area contributed by atoms with Gasteiger partial charge in [-0.1, -0.05) is 17.3 Å². The van der Waals surface area contributed by atoms with Crippen LogP contribution in [0.15, 0.2) is 33.8 Å². The van der Waals surface area contributed by atoms with Crippen LogP contribution in [0.25, 0.3) is 11.0 Å². The third kappa shape index (κ3) is 1.30. The normalized spacial score (nSPS) is 12.1. The van der Waals surface area contributed by atoms with Crippen LogP contribution in [0.2, 0.25) is 0 Å². The van der Waals surface area contributed by atoms with Gasteiger partial charge in [-0.05, 0) is 12.1 Å². The molecule has 13 heavy (non-hydrogen) atoms. The van der Waals surface area contributed by atoms with Crippen molar-refractivity contribution in [3.05, 3.63) is 24.3 Å². The van der Waals surface area contributed by atoms with E-state index in [1.54, 1.807) is 18.2 Å². The molecule has 2 aromatic rings. The highest BCUT2D eigenvalue weighted by Gasteiger charge is 2.18. The molecule has 0 saturated carbocycles. The number of para-hydroxylation sites is 1. The number of hydrogen-bond acceptors (Lipinski definition) is 4. The Morgan fingerprint density at radius 2 is 2.00 bits per heavy atom. The SMILES string of the molecule is O=S(=O)(O)c1noc2ccccc12. The van der Waals surface area contributed by atoms with Crippen molar-refractivity contribution < 1.29 is 17.5 Å². The highest BCUT2D eigenvalue weighted by atomic mass is 32.2. The van der Waals surface area contributed by atoms with Crippen molar-refractivity contribution >= 4 is 21.1 Å². The van der Waals surface area contributed by atoms with E-state index >= 15 is 0 Å². The van der Waals surface area contributed by atoms with Crippen molar-refractivity contribution in [1.29, 1.82) is 0 Å². The number of fused-ring (bicyclic) bond motifs is 1. The first-order valence-corrected chi connectivity index (χ1v) is 4.85. The number of aromatic nitrogens is 1. The lowest BCUT2D eigenvalue weighted by Crippen LogP contribution is -1.98. The highest BCUT2D eigenvalue weighted by molar-refractivity contribution is 7.86. The van der Waals surface area contributed by atoms with Gasteiger partial charge in [-0.25, -0.2) is 0 Å². The minimum absolute atomic E-state index is 0.282. The van der Waals surface area contributed by atoms with Gasteiger partial charge in [0.2, 0.25) is 5.03 Å². The van der Waals surface area contributed by atoms with Gasteiger partial charge < -0.3 is 4.52 Å². The molecular weight excluding hydrogens is 194 g/mol. The number of hydrogen-bond donors (Lipinski definition) is 1. The molecule has 0 bridgehead atoms. The van der Waals surface area contributed by atoms with Gasteiger partial charge in [0, 0.05) is 0 Å². The third-order valence-electron chi connectivity index (χ3n) is 1.59. The summed E-state index contributed by atoms with van der Waals surface area (Å²) in [6.07, 6.45) is 0. The van der Waals surface area contributed by atoms with Crippen molar-refractivity contribution in [2.75, 3.05) is 0 Å². The molecule has 0 aliphatic heterocycles. The van der Waals surface area contributed by atoms with Crippen LogP contribution in [0, 0.1) is 0 Å². The molecule has 2 rings (SSSR count). The Bertz CT molecular complexity index is 542. The molecule has 5 nitrogen and oxygen atoms in total. The lowest BCUT2D eigenvalue weighted by Gasteiger charge is -1.88. The van der Waals surface area contributed by atoms with Gasteiger partial charge >= 0.3 is 10.1 Å². The molecule has 0 aliphatic carbocycles. The largest absolute Gasteiger partial charge is 0.355 e. The van der Waals surface area contributed by atoms with Crippen LogP contribution in [0.4, 0.5) is 0 Å². The molecule has 0 aliphatic rings. The van der Waals surface area contributed by atoms with Crippen molar-refractivity contribution in [1.82, 2.24) is 5.16 Å². The Labute approximate surface area is 73.7 Å². The average molecular weight is 199 g/mol. The Morgan fingerprint density at radius 1 is 1.31 bits per heavy atom. The summed E-state index contributed by atoms with van der Waals surface area (Å²) in [5, 5.41) is 3.09. The molecule has 1 aromatic carbocycles. The maximum atomic E-state index is 10.7. The number of nitrogens with zero attached hydrogens (tertiary/aromatic N) is 1. The second-order valence-corrected chi connectivity index (χ2v) is 3.80. The summed E-state index contributed by atoms with van der Waals surface area (Å²) in [6, 6.07) is 6.39. The minimum Gasteiger partial charge on any atom is -0.355 e. The molecule has 1 heterocycles. The maximum Gasteiger partial charge on any atom is 0.316 e. The predicted octanol–water partition coefficient (Wildman–Crippen LogP) is 1.07. The fourth-order valence-electron chi connectivity index (χ4n) is 1.05. The van der Waals surface area contributed by atoms with E-state index in [2.05, 4.69) is 9.68 Å². The summed E-state index contributed by atoms with van der Waals surface area (Å²) in [4.78, 5) is 0. The summed E-state index contributed by atoms with van der Waals surface area (Å²) in [5.41, 5.74) is 0.329. The van der Waals surface area contributed by atoms with E-state index in [1.807, 2.05) is 0 Å². The number of benzene rings is 1. The van der Waals surface area contributed by atoms with Crippen LogP contribution < -0.4 is 0 Å². The van der Waals surface area contributed by atoms with E-state index < -0.39 is 15.1 Å². The zero-order valence-corrected chi connectivity index (χ0v) is 7.15. The summed E-state index contributed by atoms with van der Waals surface area (Å²) in [5.74, 6) is 0. The molecule has 68 valence electrons. The van der Waals surface area contributed by atoms with Gasteiger partial charge in [-0.2, -0.15) is 8.42 Å². The monoisotopic (exact) mass is 199 g/mol. The standard InChI is InChI=1S/C7H5NO4S/c9-13(10,11)7-5-3-1-2-4-6(5)12-8-7/h1-4H,(H,9,10,11). The molecular formula is C7H5NO4S. The van der Waals surface area contributed by atoms with Crippen molar-refractivity contribution in [3.63, 3.8) is 0 Å². The first-order valence-electron chi connectivity index (χ1n) is 3.41. The molecule has 0 unspecified atom stereocenters. The molecule has 0 atom stereocenters. The molecule has 1 aromatic heterocycles. The van der Waals surface area contributed by atoms with E-state index in [0.717, 1.165) is 0 Å². The molecule has 0 radical (unpaired) electrons. The van der Waals surface area contributed by atoms with Crippen LogP contribution in [-0.2, 0) is 10.1 Å². The van der Waals surface area contributed by atoms with Crippen molar-refractivity contribution in [2.24, 2.45) is 0 Å². The van der Waals surface area contributed by atoms with Crippen molar-refractivity contribution in [3.8, 4) is 0 Å². The van der Waals surface area contributed by atoms with Gasteiger partial charge in [0.05, 0.1) is 5.39 Å². The zero-order valence-electron chi connectivity index (χ0n) is 6.34. The first-order chi connectivity index (χ1) is 6.09. The molecule has 1 N–H and O–H groups in total. The highest BCUT2D eigenvalue weighted by Crippen LogP contribution is 2.21. The lowest BCUT2D eigenvalue weighted by molar-refractivity contribution is 0.418. The fourth-order valence-corrected chi connectivity index (χ4v) is 1.63. The van der Waals surface area contributed by atoms with E-state index in [9.17, 15) is 8.42 Å². The van der Waals surface area contributed by atoms with E-state index in [-0.39, 0.29) is 5.39 Å². The lowest BCUT2D eigenvalue weighted by atomic mass is 10.3. The molecule has 0 amide bonds. The fraction of sp³-hybridized carbons (Fsp3) is 0. The van der Waals surface area contributed by atoms with Gasteiger partial charge in [0.15, 0.2) is 5.58 Å². The van der Waals surface area contributed by atoms with Crippen LogP contribution in [0.1, 0.15) is 0 Å². The molecule has 6 heteroatoms. The first kappa shape index (κ1) is 8.21. The summed E-state index contributed by atoms with van der Waals surface area (Å²) in [7, 11) is -4.29. The second-order valence-electron chi connectivity index (χ2n) is 2.46. The Hall–Kier alpha value is -1.40. The summed E-state index contributed by atoms with van der Waals surface area (Å²) >= 11 is 0. The van der Waals surface area contributed by atoms with Gasteiger partial charge in [0.1, 0.15) is 0 Å². The third-order valence-corrected chi connectivity index (χ3v) is 2.37. The van der Waals surface area contributed by atoms with Crippen molar-refractivity contribution in [2.45, 2.75) is 5.03 Å². The van der Waals surface area contributed by atoms with Gasteiger partial charge in [0.25, 0.3) is 0 Å². The quantitative estimate of drug-likeness (QED) is 0.695. The molecule has 0 spiro atoms. The van der Waals surface area contributed by atoms with E-state index in [4.69, 9.17) is 4.55 Å². The minimum atomic E-state index is -4.29. The average Bonchev–Trinajstić information content (AvgIpc) is 2.45. The van der Waals surface area contributed by atoms with Gasteiger partial charge in [-0.15, -0.1) is 0 Å². The van der Waals surface area contributed by atoms with Crippen LogP contribution in [-0.4, -0.2) is 18.1 Å². The summed E-state index contributed by atoms with van der Waals surface area (Å²) < 4.78 is 34.9. The van der Waals surface area contributed by atoms with Gasteiger partial charge in [-0.3, -0.25) is 4.55 Å². The Balaban J connectivity index is 2.87. The van der Waals surface area contributed by atoms with Crippen LogP contribution in [0.5, 0.6) is 0 Å². The van der Waals surface area contributed by atoms with E-state index in [1.165, 1.54) is 6.07 Å². The van der Waals surface area contributed by atoms with Crippen LogP contribution >= 0.6 is 0 Å². The molecule has 0 fully saturated rings. The Kier molecular flexibility index (Phi) is 1.61. The molecule has 0 saturated heterocycles. The van der Waals surface area contributed by atoms with Crippen LogP contribution in [0.3, 0.4) is 0 Å². The summed E-state index contributed by atoms with van der Waals surface area (Å²) in [6.45, 7) is 0. The second kappa shape index (κ2) is 2.54. The predicted molar refractivity (Wildman–Crippen MR) is 43.8 cm³/mol. The Morgan fingerprint density at radius 3 is 2.69 bits per heavy atom. The number of rotatable bonds is 1. The smallest absolute Gasteiger partial charge is 0.316 e. The van der Waals surface area contributed by atoms with E-state index in [0.29, 0.717) is 5.58 Å². The zero-order chi connectivity index (χ0) is 9.47.